The number of anilines is 6. The summed E-state index contributed by atoms with van der Waals surface area (Å²) in [7, 11) is 0. The summed E-state index contributed by atoms with van der Waals surface area (Å²) in [5.41, 5.74) is 25.5. The van der Waals surface area contributed by atoms with Crippen molar-refractivity contribution in [2.24, 2.45) is 0 Å². The molecule has 0 aliphatic carbocycles. The third-order valence-corrected chi connectivity index (χ3v) is 19.0. The Balaban J connectivity index is 1.12. The highest BCUT2D eigenvalue weighted by Crippen LogP contribution is 2.54. The first-order valence-corrected chi connectivity index (χ1v) is 30.6. The van der Waals surface area contributed by atoms with Gasteiger partial charge in [0.25, 0.3) is 6.71 Å². The summed E-state index contributed by atoms with van der Waals surface area (Å²) >= 11 is 1.92. The average Bonchev–Trinajstić information content (AvgIpc) is 4.12. The topological polar surface area (TPSA) is 11.4 Å². The number of hydrogen-bond donors (Lipinski definition) is 0. The molecule has 0 saturated carbocycles. The number of unbranched alkanes of at least 4 members (excludes halogenated alkanes) is 1. The largest absolute Gasteiger partial charge is 0.311 e. The van der Waals surface area contributed by atoms with Gasteiger partial charge in [0.1, 0.15) is 0 Å². The molecule has 402 valence electrons. The molecule has 0 atom stereocenters. The van der Waals surface area contributed by atoms with Crippen LogP contribution in [0.5, 0.6) is 0 Å². The number of para-hydroxylation sites is 2. The van der Waals surface area contributed by atoms with Gasteiger partial charge in [0.15, 0.2) is 0 Å². The van der Waals surface area contributed by atoms with E-state index in [0.717, 1.165) is 24.9 Å². The van der Waals surface area contributed by atoms with Crippen LogP contribution in [0.1, 0.15) is 78.0 Å². The molecule has 0 unspecified atom stereocenters. The predicted octanol–water partition coefficient (Wildman–Crippen LogP) is 20.2. The Morgan fingerprint density at radius 3 is 1.57 bits per heavy atom. The summed E-state index contributed by atoms with van der Waals surface area (Å²) in [6.45, 7) is 16.5. The molecule has 0 bridgehead atoms. The van der Waals surface area contributed by atoms with E-state index in [4.69, 9.17) is 0 Å². The molecular formula is C78H66BN3S. The number of rotatable bonds is 9. The summed E-state index contributed by atoms with van der Waals surface area (Å²) in [5, 5.41) is 5.13. The lowest BCUT2D eigenvalue weighted by Gasteiger charge is -2.46. The van der Waals surface area contributed by atoms with E-state index >= 15 is 0 Å². The Kier molecular flexibility index (Phi) is 12.1. The van der Waals surface area contributed by atoms with Gasteiger partial charge in [-0.15, -0.1) is 11.3 Å². The second-order valence-electron chi connectivity index (χ2n) is 25.1. The number of fused-ring (bicyclic) bond motifs is 10. The maximum atomic E-state index is 2.73. The van der Waals surface area contributed by atoms with Gasteiger partial charge in [-0.1, -0.05) is 219 Å². The molecule has 11 aromatic carbocycles. The molecule has 0 spiro atoms. The summed E-state index contributed by atoms with van der Waals surface area (Å²) in [6, 6.07) is 90.3. The van der Waals surface area contributed by atoms with Crippen molar-refractivity contribution in [1.29, 1.82) is 0 Å². The molecule has 15 rings (SSSR count). The lowest BCUT2D eigenvalue weighted by Crippen LogP contribution is -2.61. The molecule has 13 aromatic rings. The molecule has 83 heavy (non-hydrogen) atoms. The van der Waals surface area contributed by atoms with Crippen molar-refractivity contribution in [1.82, 2.24) is 4.57 Å². The third kappa shape index (κ3) is 8.37. The molecule has 5 heteroatoms. The van der Waals surface area contributed by atoms with E-state index in [1.54, 1.807) is 0 Å². The van der Waals surface area contributed by atoms with Gasteiger partial charge < -0.3 is 14.4 Å². The van der Waals surface area contributed by atoms with Crippen LogP contribution in [-0.2, 0) is 17.3 Å². The number of hydrogen-bond acceptors (Lipinski definition) is 3. The molecule has 0 fully saturated rings. The molecule has 2 aromatic heterocycles. The maximum Gasteiger partial charge on any atom is 0.252 e. The van der Waals surface area contributed by atoms with Crippen molar-refractivity contribution in [2.45, 2.75) is 78.6 Å². The highest BCUT2D eigenvalue weighted by molar-refractivity contribution is 7.25. The van der Waals surface area contributed by atoms with E-state index in [0.29, 0.717) is 0 Å². The van der Waals surface area contributed by atoms with Crippen LogP contribution in [-0.4, -0.2) is 11.3 Å². The minimum atomic E-state index is -0.222. The van der Waals surface area contributed by atoms with Gasteiger partial charge in [0.2, 0.25) is 0 Å². The first-order valence-electron chi connectivity index (χ1n) is 29.8. The fourth-order valence-electron chi connectivity index (χ4n) is 13.6. The normalized spacial score (nSPS) is 13.1. The average molecular weight is 1090 g/mol. The zero-order chi connectivity index (χ0) is 56.3. The molecule has 0 saturated heterocycles. The molecule has 0 N–H and O–H groups in total. The van der Waals surface area contributed by atoms with Crippen LogP contribution in [0.2, 0.25) is 0 Å². The van der Waals surface area contributed by atoms with E-state index in [-0.39, 0.29) is 17.5 Å². The van der Waals surface area contributed by atoms with Gasteiger partial charge in [0.05, 0.1) is 16.7 Å². The van der Waals surface area contributed by atoms with Crippen molar-refractivity contribution < 1.29 is 0 Å². The second kappa shape index (κ2) is 19.6. The van der Waals surface area contributed by atoms with Crippen LogP contribution in [0.3, 0.4) is 0 Å². The monoisotopic (exact) mass is 1090 g/mol. The molecule has 2 aliphatic heterocycles. The minimum absolute atomic E-state index is 0.124. The Bertz CT molecular complexity index is 4580. The van der Waals surface area contributed by atoms with Gasteiger partial charge in [-0.2, -0.15) is 0 Å². The Morgan fingerprint density at radius 1 is 0.398 bits per heavy atom. The van der Waals surface area contributed by atoms with Crippen LogP contribution >= 0.6 is 11.3 Å². The number of aromatic nitrogens is 1. The fraction of sp³-hybridized carbons (Fsp3) is 0.154. The van der Waals surface area contributed by atoms with Crippen molar-refractivity contribution in [2.75, 3.05) is 9.80 Å². The Labute approximate surface area is 492 Å². The van der Waals surface area contributed by atoms with Gasteiger partial charge in [-0.3, -0.25) is 0 Å². The van der Waals surface area contributed by atoms with Crippen LogP contribution in [0, 0.1) is 0 Å². The standard InChI is InChI=1S/C78H66BN3S/c1-8-9-25-54-43-74-63(60-34-21-24-37-73(60)83-74)49-69(54)81-68-41-38-53(50-26-13-10-14-27-50)42-65(68)79-64-40-39-57(80-66-35-22-19-32-58(66)59-33-20-23-36-67(59)80)48-70(64)82(72-47-56(78(5,6)7)46-71(81)75(72)79)76-61(51-28-15-11-16-29-51)44-55(77(2,3)4)45-62(76)52-30-17-12-18-31-52/h10-24,26-49H,8-9,25H2,1-7H3. The lowest BCUT2D eigenvalue weighted by atomic mass is 9.33. The SMILES string of the molecule is CCCCc1cc2sc3ccccc3c2cc1N1c2ccc(-c3ccccc3)cc2B2c3ccc(-n4c5ccccc5c5ccccc54)cc3N(c3c(-c4ccccc4)cc(C(C)(C)C)cc3-c3ccccc3)c3cc(C(C)(C)C)cc1c32. The van der Waals surface area contributed by atoms with Gasteiger partial charge >= 0.3 is 0 Å². The molecular weight excluding hydrogens is 1020 g/mol. The van der Waals surface area contributed by atoms with E-state index in [1.807, 2.05) is 11.3 Å². The minimum Gasteiger partial charge on any atom is -0.311 e. The van der Waals surface area contributed by atoms with Crippen molar-refractivity contribution in [3.63, 3.8) is 0 Å². The number of nitrogens with zero attached hydrogens (tertiary/aromatic N) is 3. The third-order valence-electron chi connectivity index (χ3n) is 17.9. The van der Waals surface area contributed by atoms with E-state index < -0.39 is 0 Å². The zero-order valence-corrected chi connectivity index (χ0v) is 49.3. The van der Waals surface area contributed by atoms with Crippen molar-refractivity contribution in [3.05, 3.63) is 253 Å². The summed E-state index contributed by atoms with van der Waals surface area (Å²) in [6.07, 6.45) is 3.20. The predicted molar refractivity (Wildman–Crippen MR) is 360 cm³/mol. The van der Waals surface area contributed by atoms with Gasteiger partial charge in [0, 0.05) is 76.2 Å². The number of aryl methyl sites for hydroxylation is 1. The van der Waals surface area contributed by atoms with E-state index in [9.17, 15) is 0 Å². The maximum absolute atomic E-state index is 2.73. The van der Waals surface area contributed by atoms with Crippen LogP contribution in [0.15, 0.2) is 237 Å². The fourth-order valence-corrected chi connectivity index (χ4v) is 14.8. The lowest BCUT2D eigenvalue weighted by molar-refractivity contribution is 0.590. The number of thiophene rings is 1. The smallest absolute Gasteiger partial charge is 0.252 e. The highest BCUT2D eigenvalue weighted by atomic mass is 32.1. The van der Waals surface area contributed by atoms with Gasteiger partial charge in [-0.05, 0) is 152 Å². The summed E-state index contributed by atoms with van der Waals surface area (Å²) in [4.78, 5) is 5.44. The molecule has 0 amide bonds. The van der Waals surface area contributed by atoms with Crippen LogP contribution < -0.4 is 26.2 Å². The molecule has 3 nitrogen and oxygen atoms in total. The Hall–Kier alpha value is -8.90. The highest BCUT2D eigenvalue weighted by Gasteiger charge is 2.46. The molecule has 0 radical (unpaired) electrons. The number of benzene rings is 11. The van der Waals surface area contributed by atoms with Crippen LogP contribution in [0.25, 0.3) is 81.0 Å². The molecule has 4 heterocycles. The quantitative estimate of drug-likeness (QED) is 0.133. The molecule has 2 aliphatic rings. The first-order chi connectivity index (χ1) is 40.4. The first kappa shape index (κ1) is 51.0. The van der Waals surface area contributed by atoms with Crippen molar-refractivity contribution in [3.8, 4) is 39.1 Å². The Morgan fingerprint density at radius 2 is 0.952 bits per heavy atom. The summed E-state index contributed by atoms with van der Waals surface area (Å²) < 4.78 is 5.18. The van der Waals surface area contributed by atoms with Crippen molar-refractivity contribution >= 4 is 111 Å². The zero-order valence-electron chi connectivity index (χ0n) is 48.5. The van der Waals surface area contributed by atoms with Crippen LogP contribution in [0.4, 0.5) is 34.1 Å². The summed E-state index contributed by atoms with van der Waals surface area (Å²) in [5.74, 6) is 0. The van der Waals surface area contributed by atoms with E-state index in [1.165, 1.54) is 143 Å². The van der Waals surface area contributed by atoms with E-state index in [2.05, 4.69) is 299 Å². The second-order valence-corrected chi connectivity index (χ2v) is 26.2. The van der Waals surface area contributed by atoms with Gasteiger partial charge in [-0.25, -0.2) is 0 Å².